The highest BCUT2D eigenvalue weighted by Crippen LogP contribution is 2.22. The molecule has 0 atom stereocenters. The molecule has 2 heteroatoms. The van der Waals surface area contributed by atoms with E-state index in [1.807, 2.05) is 0 Å². The van der Waals surface area contributed by atoms with E-state index in [1.165, 1.54) is 14.8 Å². The Morgan fingerprint density at radius 1 is 1.12 bits per heavy atom. The summed E-state index contributed by atoms with van der Waals surface area (Å²) in [4.78, 5) is 0. The largest absolute Gasteiger partial charge is 0.385 e. The van der Waals surface area contributed by atoms with Gasteiger partial charge in [0.1, 0.15) is 0 Å². The second-order valence-electron chi connectivity index (χ2n) is 5.50. The summed E-state index contributed by atoms with van der Waals surface area (Å²) in [5, 5.41) is 3.57. The van der Waals surface area contributed by atoms with Crippen molar-refractivity contribution in [1.82, 2.24) is 0 Å². The summed E-state index contributed by atoms with van der Waals surface area (Å²) in [5.74, 6) is 2.19. The minimum absolute atomic E-state index is 0.729. The molecule has 1 N–H and O–H groups in total. The van der Waals surface area contributed by atoms with Crippen molar-refractivity contribution in [2.45, 2.75) is 34.6 Å². The molecule has 0 amide bonds. The first kappa shape index (κ1) is 14.8. The summed E-state index contributed by atoms with van der Waals surface area (Å²) in [6.07, 6.45) is 0. The minimum Gasteiger partial charge on any atom is -0.385 e. The van der Waals surface area contributed by atoms with Gasteiger partial charge < -0.3 is 5.32 Å². The van der Waals surface area contributed by atoms with Gasteiger partial charge in [0.25, 0.3) is 0 Å². The molecule has 1 aromatic rings. The highest BCUT2D eigenvalue weighted by atomic mass is 127. The van der Waals surface area contributed by atoms with Crippen LogP contribution in [0.1, 0.15) is 33.3 Å². The van der Waals surface area contributed by atoms with Gasteiger partial charge in [-0.1, -0.05) is 33.8 Å². The van der Waals surface area contributed by atoms with Crippen LogP contribution >= 0.6 is 22.6 Å². The Balaban J connectivity index is 2.62. The fourth-order valence-corrected chi connectivity index (χ4v) is 2.70. The number of rotatable bonds is 5. The van der Waals surface area contributed by atoms with Crippen molar-refractivity contribution < 1.29 is 0 Å². The second kappa shape index (κ2) is 6.62. The molecule has 96 valence electrons. The zero-order valence-corrected chi connectivity index (χ0v) is 13.7. The summed E-state index contributed by atoms with van der Waals surface area (Å²) < 4.78 is 1.33. The van der Waals surface area contributed by atoms with Crippen LogP contribution in [0.15, 0.2) is 18.2 Å². The third-order valence-corrected chi connectivity index (χ3v) is 4.59. The van der Waals surface area contributed by atoms with E-state index in [-0.39, 0.29) is 0 Å². The molecular weight excluding hydrogens is 321 g/mol. The van der Waals surface area contributed by atoms with Crippen LogP contribution < -0.4 is 5.32 Å². The van der Waals surface area contributed by atoms with Gasteiger partial charge in [-0.15, -0.1) is 0 Å². The van der Waals surface area contributed by atoms with Crippen molar-refractivity contribution >= 4 is 28.3 Å². The molecule has 1 rings (SSSR count). The van der Waals surface area contributed by atoms with Gasteiger partial charge in [-0.2, -0.15) is 0 Å². The molecule has 0 radical (unpaired) electrons. The van der Waals surface area contributed by atoms with E-state index in [2.05, 4.69) is 80.7 Å². The monoisotopic (exact) mass is 345 g/mol. The third kappa shape index (κ3) is 4.49. The quantitative estimate of drug-likeness (QED) is 0.746. The van der Waals surface area contributed by atoms with E-state index in [4.69, 9.17) is 0 Å². The van der Waals surface area contributed by atoms with Gasteiger partial charge in [-0.3, -0.25) is 0 Å². The molecule has 0 aliphatic heterocycles. The molecule has 17 heavy (non-hydrogen) atoms. The third-order valence-electron chi connectivity index (χ3n) is 3.43. The fourth-order valence-electron chi connectivity index (χ4n) is 2.18. The van der Waals surface area contributed by atoms with E-state index in [1.54, 1.807) is 0 Å². The topological polar surface area (TPSA) is 12.0 Å². The summed E-state index contributed by atoms with van der Waals surface area (Å²) in [6, 6.07) is 6.59. The van der Waals surface area contributed by atoms with Crippen molar-refractivity contribution in [2.24, 2.45) is 17.8 Å². The summed E-state index contributed by atoms with van der Waals surface area (Å²) in [7, 11) is 0. The van der Waals surface area contributed by atoms with Gasteiger partial charge in [0.05, 0.1) is 0 Å². The molecule has 0 saturated carbocycles. The SMILES string of the molecule is Cc1ccc(NCC(C(C)C)C(C)C)cc1I. The highest BCUT2D eigenvalue weighted by molar-refractivity contribution is 14.1. The Morgan fingerprint density at radius 2 is 1.71 bits per heavy atom. The van der Waals surface area contributed by atoms with E-state index in [0.717, 1.165) is 24.3 Å². The Bertz CT molecular complexity index is 350. The smallest absolute Gasteiger partial charge is 0.0351 e. The van der Waals surface area contributed by atoms with E-state index in [9.17, 15) is 0 Å². The Hall–Kier alpha value is -0.250. The first-order chi connectivity index (χ1) is 7.91. The fraction of sp³-hybridized carbons (Fsp3) is 0.600. The first-order valence-corrected chi connectivity index (χ1v) is 7.49. The van der Waals surface area contributed by atoms with Crippen LogP contribution in [0.4, 0.5) is 5.69 Å². The second-order valence-corrected chi connectivity index (χ2v) is 6.66. The average Bonchev–Trinajstić information content (AvgIpc) is 2.22. The van der Waals surface area contributed by atoms with E-state index < -0.39 is 0 Å². The summed E-state index contributed by atoms with van der Waals surface area (Å²) >= 11 is 2.39. The maximum atomic E-state index is 3.57. The number of aryl methyl sites for hydroxylation is 1. The molecule has 0 aliphatic carbocycles. The van der Waals surface area contributed by atoms with Gasteiger partial charge in [-0.05, 0) is 65.0 Å². The van der Waals surface area contributed by atoms with Crippen molar-refractivity contribution in [3.8, 4) is 0 Å². The van der Waals surface area contributed by atoms with Gasteiger partial charge in [-0.25, -0.2) is 0 Å². The van der Waals surface area contributed by atoms with Crippen LogP contribution in [0.2, 0.25) is 0 Å². The Kier molecular flexibility index (Phi) is 5.77. The number of anilines is 1. The van der Waals surface area contributed by atoms with Crippen LogP contribution in [-0.2, 0) is 0 Å². The van der Waals surface area contributed by atoms with Gasteiger partial charge in [0.2, 0.25) is 0 Å². The minimum atomic E-state index is 0.729. The number of halogens is 1. The molecule has 1 aromatic carbocycles. The molecule has 0 unspecified atom stereocenters. The Labute approximate surface area is 120 Å². The maximum absolute atomic E-state index is 3.57. The lowest BCUT2D eigenvalue weighted by atomic mass is 9.85. The molecule has 0 saturated heterocycles. The molecule has 0 aromatic heterocycles. The van der Waals surface area contributed by atoms with Gasteiger partial charge >= 0.3 is 0 Å². The van der Waals surface area contributed by atoms with Crippen molar-refractivity contribution in [1.29, 1.82) is 0 Å². The lowest BCUT2D eigenvalue weighted by Crippen LogP contribution is -2.24. The van der Waals surface area contributed by atoms with Crippen LogP contribution in [-0.4, -0.2) is 6.54 Å². The number of hydrogen-bond donors (Lipinski definition) is 1. The lowest BCUT2D eigenvalue weighted by molar-refractivity contribution is 0.304. The summed E-state index contributed by atoms with van der Waals surface area (Å²) in [5.41, 5.74) is 2.59. The predicted octanol–water partition coefficient (Wildman–Crippen LogP) is 4.94. The average molecular weight is 345 g/mol. The van der Waals surface area contributed by atoms with E-state index >= 15 is 0 Å². The number of benzene rings is 1. The van der Waals surface area contributed by atoms with Crippen LogP contribution in [0.3, 0.4) is 0 Å². The maximum Gasteiger partial charge on any atom is 0.0351 e. The van der Waals surface area contributed by atoms with Crippen LogP contribution in [0, 0.1) is 28.2 Å². The van der Waals surface area contributed by atoms with Crippen molar-refractivity contribution in [2.75, 3.05) is 11.9 Å². The summed E-state index contributed by atoms with van der Waals surface area (Å²) in [6.45, 7) is 12.5. The molecule has 1 nitrogen and oxygen atoms in total. The lowest BCUT2D eigenvalue weighted by Gasteiger charge is -2.25. The van der Waals surface area contributed by atoms with Crippen molar-refractivity contribution in [3.05, 3.63) is 27.3 Å². The zero-order chi connectivity index (χ0) is 13.0. The van der Waals surface area contributed by atoms with Gasteiger partial charge in [0, 0.05) is 15.8 Å². The van der Waals surface area contributed by atoms with E-state index in [0.29, 0.717) is 0 Å². The Morgan fingerprint density at radius 3 is 2.18 bits per heavy atom. The van der Waals surface area contributed by atoms with Crippen LogP contribution in [0.5, 0.6) is 0 Å². The molecule has 0 bridgehead atoms. The predicted molar refractivity (Wildman–Crippen MR) is 85.6 cm³/mol. The van der Waals surface area contributed by atoms with Crippen LogP contribution in [0.25, 0.3) is 0 Å². The molecular formula is C15H24IN. The molecule has 0 fully saturated rings. The highest BCUT2D eigenvalue weighted by Gasteiger charge is 2.16. The molecule has 0 heterocycles. The standard InChI is InChI=1S/C15H24IN/c1-10(2)14(11(3)4)9-17-13-7-6-12(5)15(16)8-13/h6-8,10-11,14,17H,9H2,1-5H3. The number of nitrogens with one attached hydrogen (secondary N) is 1. The first-order valence-electron chi connectivity index (χ1n) is 6.41. The molecule has 0 aliphatic rings. The van der Waals surface area contributed by atoms with Gasteiger partial charge in [0.15, 0.2) is 0 Å². The normalized spacial score (nSPS) is 11.6. The zero-order valence-electron chi connectivity index (χ0n) is 11.5. The van der Waals surface area contributed by atoms with Crippen molar-refractivity contribution in [3.63, 3.8) is 0 Å². The number of hydrogen-bond acceptors (Lipinski definition) is 1. The molecule has 0 spiro atoms.